The molecule has 1 amide bonds. The van der Waals surface area contributed by atoms with Gasteiger partial charge in [0, 0.05) is 24.5 Å². The van der Waals surface area contributed by atoms with Crippen molar-refractivity contribution in [3.05, 3.63) is 83.0 Å². The monoisotopic (exact) mass is 364 g/mol. The van der Waals surface area contributed by atoms with E-state index in [1.165, 1.54) is 5.56 Å². The maximum absolute atomic E-state index is 12.4. The lowest BCUT2D eigenvalue weighted by Crippen LogP contribution is -2.27. The fourth-order valence-corrected chi connectivity index (χ4v) is 2.80. The van der Waals surface area contributed by atoms with Crippen molar-refractivity contribution in [2.75, 3.05) is 7.05 Å². The highest BCUT2D eigenvalue weighted by atomic mass is 16.5. The maximum Gasteiger partial charge on any atom is 0.273 e. The third-order valence-corrected chi connectivity index (χ3v) is 4.29. The average Bonchev–Trinajstić information content (AvgIpc) is 3.11. The highest BCUT2D eigenvalue weighted by Crippen LogP contribution is 2.14. The zero-order valence-corrected chi connectivity index (χ0v) is 15.8. The molecule has 3 aromatic rings. The molecule has 0 saturated heterocycles. The lowest BCUT2D eigenvalue weighted by atomic mass is 10.1. The Morgan fingerprint density at radius 3 is 2.67 bits per heavy atom. The Balaban J connectivity index is 1.56. The second kappa shape index (κ2) is 8.60. The van der Waals surface area contributed by atoms with Gasteiger partial charge in [0.25, 0.3) is 5.91 Å². The van der Waals surface area contributed by atoms with Crippen LogP contribution >= 0.6 is 0 Å². The summed E-state index contributed by atoms with van der Waals surface area (Å²) < 4.78 is 5.33. The SMILES string of the molecule is Cc1ccc([C@H](C)NC(=O)c2cc(CN(C)Cc3ccccc3)on2)cn1. The van der Waals surface area contributed by atoms with Crippen molar-refractivity contribution < 1.29 is 9.32 Å². The number of aryl methyl sites for hydroxylation is 1. The number of aromatic nitrogens is 2. The van der Waals surface area contributed by atoms with Crippen molar-refractivity contribution in [2.45, 2.75) is 33.0 Å². The third-order valence-electron chi connectivity index (χ3n) is 4.29. The van der Waals surface area contributed by atoms with Crippen LogP contribution in [0.15, 0.2) is 59.3 Å². The summed E-state index contributed by atoms with van der Waals surface area (Å²) in [5.74, 6) is 0.395. The summed E-state index contributed by atoms with van der Waals surface area (Å²) in [5.41, 5.74) is 3.39. The second-order valence-corrected chi connectivity index (χ2v) is 6.76. The van der Waals surface area contributed by atoms with E-state index in [-0.39, 0.29) is 17.6 Å². The lowest BCUT2D eigenvalue weighted by molar-refractivity contribution is 0.0930. The molecule has 6 nitrogen and oxygen atoms in total. The molecule has 0 radical (unpaired) electrons. The minimum absolute atomic E-state index is 0.161. The van der Waals surface area contributed by atoms with Gasteiger partial charge in [0.15, 0.2) is 11.5 Å². The molecule has 1 aromatic carbocycles. The number of carbonyl (C=O) groups is 1. The number of nitrogens with zero attached hydrogens (tertiary/aromatic N) is 3. The molecule has 0 bridgehead atoms. The molecule has 140 valence electrons. The van der Waals surface area contributed by atoms with E-state index in [0.717, 1.165) is 17.8 Å². The first-order valence-electron chi connectivity index (χ1n) is 8.93. The van der Waals surface area contributed by atoms with Gasteiger partial charge in [-0.1, -0.05) is 41.6 Å². The summed E-state index contributed by atoms with van der Waals surface area (Å²) in [6.45, 7) is 5.21. The Hall–Kier alpha value is -2.99. The number of rotatable bonds is 7. The third kappa shape index (κ3) is 5.24. The van der Waals surface area contributed by atoms with Crippen LogP contribution in [0.2, 0.25) is 0 Å². The van der Waals surface area contributed by atoms with Gasteiger partial charge in [-0.25, -0.2) is 0 Å². The van der Waals surface area contributed by atoms with Crippen LogP contribution in [0.4, 0.5) is 0 Å². The van der Waals surface area contributed by atoms with E-state index >= 15 is 0 Å². The first-order chi connectivity index (χ1) is 13.0. The van der Waals surface area contributed by atoms with E-state index in [1.54, 1.807) is 12.3 Å². The molecule has 0 aliphatic heterocycles. The van der Waals surface area contributed by atoms with E-state index in [1.807, 2.05) is 51.2 Å². The van der Waals surface area contributed by atoms with Gasteiger partial charge < -0.3 is 9.84 Å². The molecule has 2 heterocycles. The van der Waals surface area contributed by atoms with Crippen molar-refractivity contribution in [1.29, 1.82) is 0 Å². The molecule has 6 heteroatoms. The van der Waals surface area contributed by atoms with Gasteiger partial charge in [-0.3, -0.25) is 14.7 Å². The molecular weight excluding hydrogens is 340 g/mol. The highest BCUT2D eigenvalue weighted by Gasteiger charge is 2.17. The smallest absolute Gasteiger partial charge is 0.273 e. The molecule has 2 aromatic heterocycles. The zero-order chi connectivity index (χ0) is 19.2. The van der Waals surface area contributed by atoms with Crippen LogP contribution in [-0.4, -0.2) is 28.0 Å². The Kier molecular flexibility index (Phi) is 5.98. The molecule has 27 heavy (non-hydrogen) atoms. The fraction of sp³-hybridized carbons (Fsp3) is 0.286. The summed E-state index contributed by atoms with van der Waals surface area (Å²) >= 11 is 0. The van der Waals surface area contributed by atoms with Gasteiger partial charge in [0.05, 0.1) is 12.6 Å². The normalized spacial score (nSPS) is 12.1. The Bertz CT molecular complexity index is 875. The van der Waals surface area contributed by atoms with E-state index in [2.05, 4.69) is 32.5 Å². The molecule has 1 N–H and O–H groups in total. The van der Waals surface area contributed by atoms with Gasteiger partial charge in [0.2, 0.25) is 0 Å². The molecule has 0 saturated carbocycles. The summed E-state index contributed by atoms with van der Waals surface area (Å²) in [7, 11) is 2.00. The first kappa shape index (κ1) is 18.8. The van der Waals surface area contributed by atoms with Crippen molar-refractivity contribution in [2.24, 2.45) is 0 Å². The molecule has 0 spiro atoms. The molecule has 0 aliphatic carbocycles. The minimum atomic E-state index is -0.260. The van der Waals surface area contributed by atoms with E-state index in [0.29, 0.717) is 12.3 Å². The van der Waals surface area contributed by atoms with Gasteiger partial charge in [-0.2, -0.15) is 0 Å². The summed E-state index contributed by atoms with van der Waals surface area (Å²) in [4.78, 5) is 18.8. The highest BCUT2D eigenvalue weighted by molar-refractivity contribution is 5.92. The summed E-state index contributed by atoms with van der Waals surface area (Å²) in [5, 5.41) is 6.83. The number of amides is 1. The predicted octanol–water partition coefficient (Wildman–Crippen LogP) is 3.50. The van der Waals surface area contributed by atoms with Gasteiger partial charge in [-0.05, 0) is 38.1 Å². The van der Waals surface area contributed by atoms with E-state index < -0.39 is 0 Å². The minimum Gasteiger partial charge on any atom is -0.359 e. The number of carbonyl (C=O) groups excluding carboxylic acids is 1. The number of hydrogen-bond donors (Lipinski definition) is 1. The van der Waals surface area contributed by atoms with E-state index in [4.69, 9.17) is 4.52 Å². The van der Waals surface area contributed by atoms with Crippen molar-refractivity contribution in [1.82, 2.24) is 20.4 Å². The molecule has 0 fully saturated rings. The molecule has 0 aliphatic rings. The van der Waals surface area contributed by atoms with Crippen LogP contribution in [-0.2, 0) is 13.1 Å². The number of pyridine rings is 1. The Morgan fingerprint density at radius 2 is 1.96 bits per heavy atom. The lowest BCUT2D eigenvalue weighted by Gasteiger charge is -2.14. The van der Waals surface area contributed by atoms with Crippen LogP contribution in [0.25, 0.3) is 0 Å². The summed E-state index contributed by atoms with van der Waals surface area (Å²) in [6, 6.07) is 15.6. The van der Waals surface area contributed by atoms with Crippen molar-refractivity contribution in [3.63, 3.8) is 0 Å². The predicted molar refractivity (Wildman–Crippen MR) is 103 cm³/mol. The van der Waals surface area contributed by atoms with Crippen molar-refractivity contribution >= 4 is 5.91 Å². The Morgan fingerprint density at radius 1 is 1.19 bits per heavy atom. The van der Waals surface area contributed by atoms with Crippen LogP contribution in [0.3, 0.4) is 0 Å². The second-order valence-electron chi connectivity index (χ2n) is 6.76. The number of hydrogen-bond acceptors (Lipinski definition) is 5. The number of benzene rings is 1. The molecule has 3 rings (SSSR count). The Labute approximate surface area is 159 Å². The van der Waals surface area contributed by atoms with Gasteiger partial charge in [0.1, 0.15) is 0 Å². The van der Waals surface area contributed by atoms with E-state index in [9.17, 15) is 4.79 Å². The first-order valence-corrected chi connectivity index (χ1v) is 8.93. The van der Waals surface area contributed by atoms with Crippen molar-refractivity contribution in [3.8, 4) is 0 Å². The maximum atomic E-state index is 12.4. The van der Waals surface area contributed by atoms with Crippen LogP contribution < -0.4 is 5.32 Å². The summed E-state index contributed by atoms with van der Waals surface area (Å²) in [6.07, 6.45) is 1.77. The quantitative estimate of drug-likeness (QED) is 0.695. The molecule has 0 unspecified atom stereocenters. The largest absolute Gasteiger partial charge is 0.359 e. The van der Waals surface area contributed by atoms with Gasteiger partial charge >= 0.3 is 0 Å². The number of nitrogens with one attached hydrogen (secondary N) is 1. The van der Waals surface area contributed by atoms with Crippen LogP contribution in [0.5, 0.6) is 0 Å². The average molecular weight is 364 g/mol. The van der Waals surface area contributed by atoms with Gasteiger partial charge in [-0.15, -0.1) is 0 Å². The van der Waals surface area contributed by atoms with Crippen LogP contribution in [0.1, 0.15) is 46.0 Å². The fourth-order valence-electron chi connectivity index (χ4n) is 2.80. The molecular formula is C21H24N4O2. The van der Waals surface area contributed by atoms with Crippen LogP contribution in [0, 0.1) is 6.92 Å². The topological polar surface area (TPSA) is 71.3 Å². The standard InChI is InChI=1S/C21H24N4O2/c1-15-9-10-18(12-22-15)16(2)23-21(26)20-11-19(27-24-20)14-25(3)13-17-7-5-4-6-8-17/h4-12,16H,13-14H2,1-3H3,(H,23,26)/t16-/m0/s1. The zero-order valence-electron chi connectivity index (χ0n) is 15.8. The molecule has 1 atom stereocenters.